The first-order valence-electron chi connectivity index (χ1n) is 2.87. The third kappa shape index (κ3) is 4.12. The second kappa shape index (κ2) is 5.09. The molecule has 0 spiro atoms. The van der Waals surface area contributed by atoms with Crippen molar-refractivity contribution in [3.8, 4) is 5.63 Å². The zero-order valence-corrected chi connectivity index (χ0v) is 6.28. The number of allylic oxidation sites excluding steroid dienone is 2. The van der Waals surface area contributed by atoms with Crippen LogP contribution in [0.2, 0.25) is 0 Å². The minimum atomic E-state index is 0.662. The Morgan fingerprint density at radius 1 is 1.75 bits per heavy atom. The SMILES string of the molecule is CCC(C)C=CC#P. The molecule has 0 nitrogen and oxygen atoms in total. The second-order valence-corrected chi connectivity index (χ2v) is 2.13. The average molecular weight is 126 g/mol. The molecular weight excluding hydrogens is 115 g/mol. The fraction of sp³-hybridized carbons (Fsp3) is 0.571. The molecule has 0 saturated heterocycles. The van der Waals surface area contributed by atoms with Crippen LogP contribution in [-0.2, 0) is 0 Å². The normalized spacial score (nSPS) is 13.6. The average Bonchev–Trinajstić information content (AvgIpc) is 1.83. The summed E-state index contributed by atoms with van der Waals surface area (Å²) in [4.78, 5) is 0. The Bertz CT molecular complexity index is 108. The summed E-state index contributed by atoms with van der Waals surface area (Å²) < 4.78 is 0. The van der Waals surface area contributed by atoms with E-state index < -0.39 is 0 Å². The van der Waals surface area contributed by atoms with Crippen molar-refractivity contribution in [2.45, 2.75) is 20.3 Å². The first kappa shape index (κ1) is 7.95. The Labute approximate surface area is 53.5 Å². The molecule has 1 unspecified atom stereocenters. The molecule has 0 amide bonds. The summed E-state index contributed by atoms with van der Waals surface area (Å²) in [7, 11) is 3.80. The van der Waals surface area contributed by atoms with Gasteiger partial charge in [0.05, 0.1) is 0 Å². The molecule has 0 radical (unpaired) electrons. The van der Waals surface area contributed by atoms with Crippen LogP contribution in [0.25, 0.3) is 0 Å². The first-order chi connectivity index (χ1) is 3.81. The predicted octanol–water partition coefficient (Wildman–Crippen LogP) is 2.96. The van der Waals surface area contributed by atoms with Crippen molar-refractivity contribution in [1.82, 2.24) is 0 Å². The molecule has 0 N–H and O–H groups in total. The van der Waals surface area contributed by atoms with E-state index in [1.165, 1.54) is 6.42 Å². The van der Waals surface area contributed by atoms with Crippen molar-refractivity contribution in [2.24, 2.45) is 5.92 Å². The summed E-state index contributed by atoms with van der Waals surface area (Å²) in [6, 6.07) is 0. The second-order valence-electron chi connectivity index (χ2n) is 1.87. The molecule has 0 aliphatic heterocycles. The number of hydrogen-bond acceptors (Lipinski definition) is 0. The molecule has 0 aromatic carbocycles. The van der Waals surface area contributed by atoms with Crippen molar-refractivity contribution in [3.63, 3.8) is 0 Å². The van der Waals surface area contributed by atoms with Gasteiger partial charge in [-0.2, -0.15) is 0 Å². The van der Waals surface area contributed by atoms with E-state index in [1.54, 1.807) is 0 Å². The van der Waals surface area contributed by atoms with Gasteiger partial charge in [-0.25, -0.2) is 0 Å². The molecule has 8 heavy (non-hydrogen) atoms. The standard InChI is InChI=1S/C7H11P/c1-3-7(2)5-4-6-8/h4-5,7H,3H2,1-2H3. The maximum absolute atomic E-state index is 3.80. The van der Waals surface area contributed by atoms with Crippen molar-refractivity contribution in [2.75, 3.05) is 0 Å². The van der Waals surface area contributed by atoms with Gasteiger partial charge in [-0.15, -0.1) is 0 Å². The molecule has 0 saturated carbocycles. The van der Waals surface area contributed by atoms with Crippen LogP contribution in [0.3, 0.4) is 0 Å². The van der Waals surface area contributed by atoms with E-state index >= 15 is 0 Å². The van der Waals surface area contributed by atoms with Gasteiger partial charge in [-0.1, -0.05) is 0 Å². The van der Waals surface area contributed by atoms with E-state index in [0.717, 1.165) is 0 Å². The molecule has 0 aromatic heterocycles. The summed E-state index contributed by atoms with van der Waals surface area (Å²) in [6.07, 6.45) is 5.12. The van der Waals surface area contributed by atoms with Gasteiger partial charge in [0.1, 0.15) is 0 Å². The summed E-state index contributed by atoms with van der Waals surface area (Å²) in [5, 5.41) is 0. The zero-order chi connectivity index (χ0) is 6.41. The molecule has 0 heterocycles. The van der Waals surface area contributed by atoms with Gasteiger partial charge in [-0.3, -0.25) is 0 Å². The molecule has 0 aliphatic rings. The molecule has 1 heteroatoms. The predicted molar refractivity (Wildman–Crippen MR) is 39.4 cm³/mol. The summed E-state index contributed by atoms with van der Waals surface area (Å²) in [5.74, 6) is 0.662. The van der Waals surface area contributed by atoms with Crippen LogP contribution in [0.1, 0.15) is 20.3 Å². The van der Waals surface area contributed by atoms with Gasteiger partial charge in [-0.05, 0) is 0 Å². The molecule has 0 aliphatic carbocycles. The Hall–Kier alpha value is -0.0500. The van der Waals surface area contributed by atoms with Crippen LogP contribution in [0.5, 0.6) is 0 Å². The summed E-state index contributed by atoms with van der Waals surface area (Å²) >= 11 is 0. The molecule has 0 bridgehead atoms. The number of rotatable bonds is 2. The van der Waals surface area contributed by atoms with Crippen LogP contribution in [-0.4, -0.2) is 0 Å². The van der Waals surface area contributed by atoms with Gasteiger partial charge >= 0.3 is 52.7 Å². The van der Waals surface area contributed by atoms with E-state index in [4.69, 9.17) is 0 Å². The monoisotopic (exact) mass is 126 g/mol. The van der Waals surface area contributed by atoms with Crippen molar-refractivity contribution in [1.29, 1.82) is 0 Å². The van der Waals surface area contributed by atoms with Gasteiger partial charge in [0.25, 0.3) is 0 Å². The van der Waals surface area contributed by atoms with Crippen molar-refractivity contribution in [3.05, 3.63) is 12.2 Å². The van der Waals surface area contributed by atoms with Crippen LogP contribution in [0, 0.1) is 11.5 Å². The Morgan fingerprint density at radius 2 is 2.38 bits per heavy atom. The zero-order valence-electron chi connectivity index (χ0n) is 5.39. The van der Waals surface area contributed by atoms with Crippen LogP contribution < -0.4 is 0 Å². The van der Waals surface area contributed by atoms with Gasteiger partial charge < -0.3 is 0 Å². The van der Waals surface area contributed by atoms with Crippen LogP contribution in [0.4, 0.5) is 0 Å². The van der Waals surface area contributed by atoms with E-state index in [-0.39, 0.29) is 0 Å². The maximum atomic E-state index is 3.80. The van der Waals surface area contributed by atoms with Crippen molar-refractivity contribution >= 4 is 8.70 Å². The fourth-order valence-electron chi connectivity index (χ4n) is 0.343. The Morgan fingerprint density at radius 3 is 2.75 bits per heavy atom. The molecule has 1 atom stereocenters. The van der Waals surface area contributed by atoms with Crippen LogP contribution >= 0.6 is 8.70 Å². The molecule has 0 rings (SSSR count). The van der Waals surface area contributed by atoms with E-state index in [2.05, 4.69) is 34.2 Å². The minimum absolute atomic E-state index is 0.662. The molecular formula is C7H11P. The van der Waals surface area contributed by atoms with Gasteiger partial charge in [0, 0.05) is 0 Å². The van der Waals surface area contributed by atoms with Crippen LogP contribution in [0.15, 0.2) is 12.2 Å². The summed E-state index contributed by atoms with van der Waals surface area (Å²) in [5.41, 5.74) is 2.65. The third-order valence-corrected chi connectivity index (χ3v) is 1.29. The van der Waals surface area contributed by atoms with E-state index in [1.807, 2.05) is 6.08 Å². The number of hydrogen-bond donors (Lipinski definition) is 0. The third-order valence-electron chi connectivity index (χ3n) is 1.14. The fourth-order valence-corrected chi connectivity index (χ4v) is 0.429. The topological polar surface area (TPSA) is 0 Å². The van der Waals surface area contributed by atoms with E-state index in [0.29, 0.717) is 5.92 Å². The Kier molecular flexibility index (Phi) is 5.06. The van der Waals surface area contributed by atoms with E-state index in [9.17, 15) is 0 Å². The molecule has 0 aromatic rings. The van der Waals surface area contributed by atoms with Gasteiger partial charge in [0.2, 0.25) is 0 Å². The quantitative estimate of drug-likeness (QED) is 0.499. The first-order valence-corrected chi connectivity index (χ1v) is 3.32. The van der Waals surface area contributed by atoms with Crippen molar-refractivity contribution < 1.29 is 0 Å². The molecule has 44 valence electrons. The van der Waals surface area contributed by atoms with Gasteiger partial charge in [0.15, 0.2) is 0 Å². The summed E-state index contributed by atoms with van der Waals surface area (Å²) in [6.45, 7) is 4.33. The molecule has 0 fully saturated rings. The Balaban J connectivity index is 3.40.